The molecule has 7 nitrogen and oxygen atoms in total. The fourth-order valence-corrected chi connectivity index (χ4v) is 5.41. The highest BCUT2D eigenvalue weighted by Gasteiger charge is 2.32. The number of halogens is 1. The number of para-hydroxylation sites is 1. The van der Waals surface area contributed by atoms with Gasteiger partial charge >= 0.3 is 0 Å². The molecule has 0 fully saturated rings. The molecule has 0 aliphatic heterocycles. The van der Waals surface area contributed by atoms with Crippen LogP contribution >= 0.6 is 11.6 Å². The van der Waals surface area contributed by atoms with Crippen molar-refractivity contribution in [2.24, 2.45) is 0 Å². The number of carbonyl (C=O) groups is 2. The Morgan fingerprint density at radius 1 is 0.947 bits per heavy atom. The van der Waals surface area contributed by atoms with E-state index in [2.05, 4.69) is 5.32 Å². The predicted octanol–water partition coefficient (Wildman–Crippen LogP) is 5.18. The summed E-state index contributed by atoms with van der Waals surface area (Å²) in [7, 11) is -4.07. The first kappa shape index (κ1) is 29.2. The Labute approximate surface area is 230 Å². The van der Waals surface area contributed by atoms with Gasteiger partial charge in [0.2, 0.25) is 11.8 Å². The van der Waals surface area contributed by atoms with Crippen molar-refractivity contribution in [3.05, 3.63) is 95.0 Å². The number of nitrogens with zero attached hydrogens (tertiary/aromatic N) is 2. The molecular weight excluding hydrogens is 522 g/mol. The van der Waals surface area contributed by atoms with E-state index in [9.17, 15) is 18.0 Å². The first-order valence-electron chi connectivity index (χ1n) is 12.6. The van der Waals surface area contributed by atoms with Crippen molar-refractivity contribution in [2.75, 3.05) is 17.4 Å². The van der Waals surface area contributed by atoms with Crippen LogP contribution in [0, 0.1) is 6.92 Å². The summed E-state index contributed by atoms with van der Waals surface area (Å²) in [5.41, 5.74) is 2.04. The molecular formula is C29H34ClN3O4S. The van der Waals surface area contributed by atoms with Crippen LogP contribution in [0.1, 0.15) is 37.8 Å². The molecule has 3 aromatic carbocycles. The van der Waals surface area contributed by atoms with Crippen molar-refractivity contribution in [1.82, 2.24) is 10.2 Å². The fraction of sp³-hybridized carbons (Fsp3) is 0.310. The quantitative estimate of drug-likeness (QED) is 0.312. The van der Waals surface area contributed by atoms with E-state index in [1.807, 2.05) is 13.8 Å². The smallest absolute Gasteiger partial charge is 0.264 e. The summed E-state index contributed by atoms with van der Waals surface area (Å²) in [4.78, 5) is 28.3. The van der Waals surface area contributed by atoms with Gasteiger partial charge in [-0.1, -0.05) is 73.0 Å². The van der Waals surface area contributed by atoms with Gasteiger partial charge in [-0.05, 0) is 62.2 Å². The van der Waals surface area contributed by atoms with E-state index in [-0.39, 0.29) is 17.3 Å². The molecule has 0 saturated carbocycles. The number of rotatable bonds is 12. The van der Waals surface area contributed by atoms with Gasteiger partial charge in [-0.15, -0.1) is 0 Å². The summed E-state index contributed by atoms with van der Waals surface area (Å²) in [6.07, 6.45) is 1.74. The Kier molecular flexibility index (Phi) is 10.3. The molecule has 1 N–H and O–H groups in total. The summed E-state index contributed by atoms with van der Waals surface area (Å²) in [5.74, 6) is -0.800. The van der Waals surface area contributed by atoms with Crippen LogP contribution in [0.25, 0.3) is 0 Å². The number of aryl methyl sites for hydroxylation is 1. The summed E-state index contributed by atoms with van der Waals surface area (Å²) in [6.45, 7) is 5.69. The van der Waals surface area contributed by atoms with Crippen molar-refractivity contribution in [3.8, 4) is 0 Å². The first-order chi connectivity index (χ1) is 18.1. The highest BCUT2D eigenvalue weighted by Crippen LogP contribution is 2.25. The maximum atomic E-state index is 13.8. The Balaban J connectivity index is 1.96. The number of hydrogen-bond acceptors (Lipinski definition) is 4. The number of benzene rings is 3. The summed E-state index contributed by atoms with van der Waals surface area (Å²) < 4.78 is 28.6. The molecule has 38 heavy (non-hydrogen) atoms. The molecule has 3 rings (SSSR count). The zero-order valence-electron chi connectivity index (χ0n) is 21.9. The predicted molar refractivity (Wildman–Crippen MR) is 152 cm³/mol. The molecule has 3 aromatic rings. The highest BCUT2D eigenvalue weighted by molar-refractivity contribution is 7.92. The molecule has 0 saturated heterocycles. The largest absolute Gasteiger partial charge is 0.354 e. The summed E-state index contributed by atoms with van der Waals surface area (Å²) in [5, 5.41) is 3.43. The number of carbonyl (C=O) groups excluding carboxylic acids is 2. The van der Waals surface area contributed by atoms with Crippen molar-refractivity contribution < 1.29 is 18.0 Å². The molecule has 0 aromatic heterocycles. The number of amides is 2. The maximum absolute atomic E-state index is 13.8. The van der Waals surface area contributed by atoms with Crippen LogP contribution in [0.15, 0.2) is 83.8 Å². The van der Waals surface area contributed by atoms with Gasteiger partial charge in [0.15, 0.2) is 0 Å². The average Bonchev–Trinajstić information content (AvgIpc) is 2.91. The SMILES string of the molecule is CCCCNC(=O)[C@@H](C)N(Cc1ccc(Cl)cc1)C(=O)CN(c1ccccc1)S(=O)(=O)c1ccc(C)cc1. The van der Waals surface area contributed by atoms with Crippen LogP contribution < -0.4 is 9.62 Å². The van der Waals surface area contributed by atoms with Gasteiger partial charge in [0.25, 0.3) is 10.0 Å². The third kappa shape index (κ3) is 7.58. The minimum absolute atomic E-state index is 0.0781. The van der Waals surface area contributed by atoms with Gasteiger partial charge in [0.1, 0.15) is 12.6 Å². The Bertz CT molecular complexity index is 1310. The molecule has 0 aliphatic rings. The van der Waals surface area contributed by atoms with Crippen molar-refractivity contribution >= 4 is 39.1 Å². The lowest BCUT2D eigenvalue weighted by Crippen LogP contribution is -2.51. The van der Waals surface area contributed by atoms with Gasteiger partial charge < -0.3 is 10.2 Å². The Morgan fingerprint density at radius 2 is 1.58 bits per heavy atom. The Hall–Kier alpha value is -3.36. The monoisotopic (exact) mass is 555 g/mol. The average molecular weight is 556 g/mol. The summed E-state index contributed by atoms with van der Waals surface area (Å²) in [6, 6.07) is 21.1. The van der Waals surface area contributed by atoms with E-state index in [1.54, 1.807) is 73.7 Å². The minimum atomic E-state index is -4.07. The van der Waals surface area contributed by atoms with Gasteiger partial charge in [-0.3, -0.25) is 13.9 Å². The summed E-state index contributed by atoms with van der Waals surface area (Å²) >= 11 is 6.03. The molecule has 0 radical (unpaired) electrons. The standard InChI is InChI=1S/C29H34ClN3O4S/c1-4-5-19-31-29(35)23(3)32(20-24-13-15-25(30)16-14-24)28(34)21-33(26-9-7-6-8-10-26)38(36,37)27-17-11-22(2)12-18-27/h6-18,23H,4-5,19-21H2,1-3H3,(H,31,35)/t23-/m1/s1. The van der Waals surface area contributed by atoms with Gasteiger partial charge in [-0.25, -0.2) is 8.42 Å². The first-order valence-corrected chi connectivity index (χ1v) is 14.4. The normalized spacial score (nSPS) is 12.0. The number of unbranched alkanes of at least 4 members (excludes halogenated alkanes) is 1. The minimum Gasteiger partial charge on any atom is -0.354 e. The molecule has 0 bridgehead atoms. The molecule has 9 heteroatoms. The molecule has 0 aliphatic carbocycles. The van der Waals surface area contributed by atoms with E-state index in [1.165, 1.54) is 17.0 Å². The van der Waals surface area contributed by atoms with Crippen LogP contribution in [0.2, 0.25) is 5.02 Å². The van der Waals surface area contributed by atoms with Crippen molar-refractivity contribution in [3.63, 3.8) is 0 Å². The number of nitrogens with one attached hydrogen (secondary N) is 1. The fourth-order valence-electron chi connectivity index (χ4n) is 3.87. The molecule has 0 heterocycles. The third-order valence-corrected chi connectivity index (χ3v) is 8.24. The van der Waals surface area contributed by atoms with Crippen LogP contribution in [0.5, 0.6) is 0 Å². The van der Waals surface area contributed by atoms with E-state index >= 15 is 0 Å². The number of sulfonamides is 1. The lowest BCUT2D eigenvalue weighted by Gasteiger charge is -2.32. The number of anilines is 1. The van der Waals surface area contributed by atoms with Crippen molar-refractivity contribution in [1.29, 1.82) is 0 Å². The second kappa shape index (κ2) is 13.4. The van der Waals surface area contributed by atoms with Crippen LogP contribution in [0.4, 0.5) is 5.69 Å². The van der Waals surface area contributed by atoms with E-state index in [0.29, 0.717) is 17.3 Å². The molecule has 202 valence electrons. The van der Waals surface area contributed by atoms with E-state index in [4.69, 9.17) is 11.6 Å². The second-order valence-corrected chi connectivity index (χ2v) is 11.4. The Morgan fingerprint density at radius 3 is 2.18 bits per heavy atom. The third-order valence-electron chi connectivity index (χ3n) is 6.20. The zero-order valence-corrected chi connectivity index (χ0v) is 23.5. The van der Waals surface area contributed by atoms with Gasteiger partial charge in [0.05, 0.1) is 10.6 Å². The molecule has 0 unspecified atom stereocenters. The molecule has 2 amide bonds. The number of hydrogen-bond donors (Lipinski definition) is 1. The lowest BCUT2D eigenvalue weighted by molar-refractivity contribution is -0.139. The van der Waals surface area contributed by atoms with E-state index < -0.39 is 28.5 Å². The topological polar surface area (TPSA) is 86.8 Å². The van der Waals surface area contributed by atoms with Crippen molar-refractivity contribution in [2.45, 2.75) is 51.1 Å². The molecule has 0 spiro atoms. The maximum Gasteiger partial charge on any atom is 0.264 e. The molecule has 1 atom stereocenters. The van der Waals surface area contributed by atoms with Crippen LogP contribution in [-0.2, 0) is 26.2 Å². The van der Waals surface area contributed by atoms with E-state index in [0.717, 1.165) is 28.3 Å². The highest BCUT2D eigenvalue weighted by atomic mass is 35.5. The zero-order chi connectivity index (χ0) is 27.7. The lowest BCUT2D eigenvalue weighted by atomic mass is 10.1. The van der Waals surface area contributed by atoms with Gasteiger partial charge in [0, 0.05) is 18.1 Å². The second-order valence-electron chi connectivity index (χ2n) is 9.13. The van der Waals surface area contributed by atoms with Crippen LogP contribution in [0.3, 0.4) is 0 Å². The van der Waals surface area contributed by atoms with Gasteiger partial charge in [-0.2, -0.15) is 0 Å². The van der Waals surface area contributed by atoms with Crippen LogP contribution in [-0.4, -0.2) is 44.3 Å².